The first-order valence-corrected chi connectivity index (χ1v) is 12.7. The van der Waals surface area contributed by atoms with Crippen LogP contribution in [0.4, 0.5) is 0 Å². The molecule has 0 fully saturated rings. The number of aryl methyl sites for hydroxylation is 2. The quantitative estimate of drug-likeness (QED) is 0.383. The van der Waals surface area contributed by atoms with Crippen LogP contribution in [-0.4, -0.2) is 28.9 Å². The van der Waals surface area contributed by atoms with Gasteiger partial charge < -0.3 is 9.88 Å². The molecule has 0 aliphatic carbocycles. The molecule has 34 heavy (non-hydrogen) atoms. The number of pyridine rings is 1. The van der Waals surface area contributed by atoms with Gasteiger partial charge in [-0.15, -0.1) is 0 Å². The zero-order valence-electron chi connectivity index (χ0n) is 18.9. The van der Waals surface area contributed by atoms with Gasteiger partial charge in [-0.05, 0) is 47.9 Å². The van der Waals surface area contributed by atoms with Gasteiger partial charge in [-0.1, -0.05) is 37.3 Å². The molecule has 2 aromatic carbocycles. The lowest BCUT2D eigenvalue weighted by atomic mass is 9.99. The van der Waals surface area contributed by atoms with Gasteiger partial charge in [-0.2, -0.15) is 0 Å². The average Bonchev–Trinajstić information content (AvgIpc) is 3.19. The predicted molar refractivity (Wildman–Crippen MR) is 130 cm³/mol. The molecule has 4 rings (SSSR count). The van der Waals surface area contributed by atoms with E-state index >= 15 is 0 Å². The number of nitrogens with zero attached hydrogens (tertiary/aromatic N) is 3. The average molecular weight is 478 g/mol. The summed E-state index contributed by atoms with van der Waals surface area (Å²) in [6.45, 7) is 2.77. The Morgan fingerprint density at radius 2 is 1.76 bits per heavy atom. The first-order valence-electron chi connectivity index (χ1n) is 11.1. The molecule has 0 aliphatic heterocycles. The van der Waals surface area contributed by atoms with E-state index in [1.165, 1.54) is 12.1 Å². The molecule has 176 valence electrons. The maximum atomic E-state index is 13.0. The first kappa shape index (κ1) is 23.6. The molecule has 3 N–H and O–H groups in total. The third kappa shape index (κ3) is 5.32. The third-order valence-corrected chi connectivity index (χ3v) is 6.54. The molecule has 8 nitrogen and oxygen atoms in total. The normalized spacial score (nSPS) is 12.5. The fraction of sp³-hybridized carbons (Fsp3) is 0.240. The van der Waals surface area contributed by atoms with Crippen LogP contribution in [0.15, 0.2) is 78.0 Å². The van der Waals surface area contributed by atoms with Crippen LogP contribution in [-0.2, 0) is 27.8 Å². The van der Waals surface area contributed by atoms with Crippen molar-refractivity contribution in [3.63, 3.8) is 0 Å². The Morgan fingerprint density at radius 1 is 1.06 bits per heavy atom. The van der Waals surface area contributed by atoms with Crippen LogP contribution in [0.3, 0.4) is 0 Å². The van der Waals surface area contributed by atoms with E-state index in [0.29, 0.717) is 18.5 Å². The van der Waals surface area contributed by atoms with Gasteiger partial charge in [0.1, 0.15) is 5.82 Å². The first-order chi connectivity index (χ1) is 16.4. The van der Waals surface area contributed by atoms with Gasteiger partial charge in [0.05, 0.1) is 22.0 Å². The van der Waals surface area contributed by atoms with Crippen LogP contribution in [0, 0.1) is 0 Å². The summed E-state index contributed by atoms with van der Waals surface area (Å²) in [5.74, 6) is 0.629. The van der Waals surface area contributed by atoms with Crippen LogP contribution < -0.4 is 10.5 Å². The Hall–Kier alpha value is -3.56. The highest BCUT2D eigenvalue weighted by Gasteiger charge is 2.19. The summed E-state index contributed by atoms with van der Waals surface area (Å²) < 4.78 is 25.5. The number of aromatic nitrogens is 3. The molecule has 0 bridgehead atoms. The van der Waals surface area contributed by atoms with E-state index in [-0.39, 0.29) is 23.3 Å². The highest BCUT2D eigenvalue weighted by Crippen LogP contribution is 2.23. The van der Waals surface area contributed by atoms with Gasteiger partial charge >= 0.3 is 0 Å². The number of hydrogen-bond donors (Lipinski definition) is 2. The summed E-state index contributed by atoms with van der Waals surface area (Å²) in [6.07, 6.45) is 4.95. The Labute approximate surface area is 198 Å². The largest absolute Gasteiger partial charge is 0.345 e. The highest BCUT2D eigenvalue weighted by molar-refractivity contribution is 7.89. The number of primary sulfonamides is 1. The van der Waals surface area contributed by atoms with E-state index in [1.54, 1.807) is 18.5 Å². The van der Waals surface area contributed by atoms with Crippen LogP contribution in [0.5, 0.6) is 0 Å². The summed E-state index contributed by atoms with van der Waals surface area (Å²) in [5.41, 5.74) is 3.30. The number of sulfonamides is 1. The molecule has 0 aliphatic rings. The smallest absolute Gasteiger partial charge is 0.238 e. The molecule has 2 aromatic heterocycles. The molecular weight excluding hydrogens is 450 g/mol. The zero-order valence-corrected chi connectivity index (χ0v) is 19.7. The van der Waals surface area contributed by atoms with Crippen molar-refractivity contribution in [1.82, 2.24) is 19.9 Å². The van der Waals surface area contributed by atoms with Crippen molar-refractivity contribution in [3.8, 4) is 0 Å². The van der Waals surface area contributed by atoms with Crippen molar-refractivity contribution in [3.05, 3.63) is 90.0 Å². The van der Waals surface area contributed by atoms with Crippen molar-refractivity contribution in [2.45, 2.75) is 43.7 Å². The van der Waals surface area contributed by atoms with Crippen LogP contribution in [0.1, 0.15) is 42.8 Å². The van der Waals surface area contributed by atoms with Crippen molar-refractivity contribution in [1.29, 1.82) is 0 Å². The van der Waals surface area contributed by atoms with E-state index in [2.05, 4.69) is 22.2 Å². The molecule has 0 spiro atoms. The van der Waals surface area contributed by atoms with Gasteiger partial charge in [0.15, 0.2) is 0 Å². The summed E-state index contributed by atoms with van der Waals surface area (Å²) in [4.78, 5) is 21.7. The second-order valence-corrected chi connectivity index (χ2v) is 9.63. The summed E-state index contributed by atoms with van der Waals surface area (Å²) in [7, 11) is -3.82. The maximum absolute atomic E-state index is 13.0. The van der Waals surface area contributed by atoms with Crippen molar-refractivity contribution in [2.24, 2.45) is 5.14 Å². The molecule has 1 atom stereocenters. The minimum Gasteiger partial charge on any atom is -0.345 e. The van der Waals surface area contributed by atoms with E-state index in [4.69, 9.17) is 5.14 Å². The van der Waals surface area contributed by atoms with E-state index in [0.717, 1.165) is 28.9 Å². The monoisotopic (exact) mass is 477 g/mol. The van der Waals surface area contributed by atoms with Gasteiger partial charge in [0.25, 0.3) is 0 Å². The Bertz CT molecular complexity index is 1350. The lowest BCUT2D eigenvalue weighted by Crippen LogP contribution is -2.29. The lowest BCUT2D eigenvalue weighted by Gasteiger charge is -2.20. The topological polar surface area (TPSA) is 120 Å². The molecule has 0 saturated heterocycles. The van der Waals surface area contributed by atoms with Gasteiger partial charge in [-0.3, -0.25) is 9.78 Å². The van der Waals surface area contributed by atoms with Crippen LogP contribution in [0.2, 0.25) is 0 Å². The zero-order chi connectivity index (χ0) is 24.1. The standard InChI is InChI=1S/C25H27N5O3S/c1-2-16-30-22-9-8-20(34(26,32)33)17-21(22)28-23(30)10-11-24(31)29-25(18-6-4-3-5-7-18)19-12-14-27-15-13-19/h3-9,12-15,17,25H,2,10-11,16H2,1H3,(H,29,31)(H2,26,32,33). The second-order valence-electron chi connectivity index (χ2n) is 8.07. The van der Waals surface area contributed by atoms with Gasteiger partial charge in [0.2, 0.25) is 15.9 Å². The van der Waals surface area contributed by atoms with Crippen LogP contribution in [0.25, 0.3) is 11.0 Å². The molecule has 0 saturated carbocycles. The molecule has 1 unspecified atom stereocenters. The number of nitrogens with two attached hydrogens (primary N) is 1. The lowest BCUT2D eigenvalue weighted by molar-refractivity contribution is -0.121. The predicted octanol–water partition coefficient (Wildman–Crippen LogP) is 3.33. The number of hydrogen-bond acceptors (Lipinski definition) is 5. The molecule has 1 amide bonds. The number of amides is 1. The van der Waals surface area contributed by atoms with Crippen LogP contribution >= 0.6 is 0 Å². The molecule has 2 heterocycles. The Balaban J connectivity index is 1.55. The van der Waals surface area contributed by atoms with E-state index in [9.17, 15) is 13.2 Å². The van der Waals surface area contributed by atoms with Crippen molar-refractivity contribution >= 4 is 27.0 Å². The van der Waals surface area contributed by atoms with Gasteiger partial charge in [0, 0.05) is 31.8 Å². The van der Waals surface area contributed by atoms with Crippen molar-refractivity contribution < 1.29 is 13.2 Å². The summed E-state index contributed by atoms with van der Waals surface area (Å²) in [6, 6.07) is 18.0. The van der Waals surface area contributed by atoms with Crippen molar-refractivity contribution in [2.75, 3.05) is 0 Å². The molecule has 0 radical (unpaired) electrons. The van der Waals surface area contributed by atoms with E-state index in [1.807, 2.05) is 47.0 Å². The number of fused-ring (bicyclic) bond motifs is 1. The Morgan fingerprint density at radius 3 is 2.44 bits per heavy atom. The molecule has 4 aromatic rings. The fourth-order valence-corrected chi connectivity index (χ4v) is 4.55. The fourth-order valence-electron chi connectivity index (χ4n) is 4.02. The number of benzene rings is 2. The number of imidazole rings is 1. The minimum atomic E-state index is -3.82. The Kier molecular flexibility index (Phi) is 7.04. The highest BCUT2D eigenvalue weighted by atomic mass is 32.2. The van der Waals surface area contributed by atoms with E-state index < -0.39 is 10.0 Å². The minimum absolute atomic E-state index is 0.0218. The van der Waals surface area contributed by atoms with Gasteiger partial charge in [-0.25, -0.2) is 18.5 Å². The number of carbonyl (C=O) groups excluding carboxylic acids is 1. The number of nitrogens with one attached hydrogen (secondary N) is 1. The molecule has 9 heteroatoms. The second kappa shape index (κ2) is 10.1. The number of carbonyl (C=O) groups is 1. The third-order valence-electron chi connectivity index (χ3n) is 5.63. The molecular formula is C25H27N5O3S. The SMILES string of the molecule is CCCn1c(CCC(=O)NC(c2ccccc2)c2ccncc2)nc2cc(S(N)(=O)=O)ccc21. The summed E-state index contributed by atoms with van der Waals surface area (Å²) in [5, 5.41) is 8.41. The summed E-state index contributed by atoms with van der Waals surface area (Å²) >= 11 is 0. The number of rotatable bonds is 9. The maximum Gasteiger partial charge on any atom is 0.238 e.